The highest BCUT2D eigenvalue weighted by molar-refractivity contribution is 5.92. The fourth-order valence-electron chi connectivity index (χ4n) is 3.07. The van der Waals surface area contributed by atoms with Crippen LogP contribution >= 0.6 is 0 Å². The number of aromatic nitrogens is 2. The normalized spacial score (nSPS) is 18.3. The molecule has 114 valence electrons. The van der Waals surface area contributed by atoms with Gasteiger partial charge in [-0.2, -0.15) is 0 Å². The van der Waals surface area contributed by atoms with Gasteiger partial charge in [0, 0.05) is 25.9 Å². The van der Waals surface area contributed by atoms with E-state index in [1.165, 1.54) is 0 Å². The van der Waals surface area contributed by atoms with Crippen molar-refractivity contribution in [2.75, 3.05) is 6.54 Å². The zero-order valence-corrected chi connectivity index (χ0v) is 13.1. The Morgan fingerprint density at radius 1 is 1.32 bits per heavy atom. The van der Waals surface area contributed by atoms with E-state index in [9.17, 15) is 4.79 Å². The Bertz CT molecular complexity index is 688. The molecule has 1 unspecified atom stereocenters. The Kier molecular flexibility index (Phi) is 4.09. The summed E-state index contributed by atoms with van der Waals surface area (Å²) in [4.78, 5) is 19.0. The molecule has 2 aromatic rings. The Labute approximate surface area is 131 Å². The highest BCUT2D eigenvalue weighted by atomic mass is 16.2. The van der Waals surface area contributed by atoms with E-state index in [0.717, 1.165) is 36.5 Å². The van der Waals surface area contributed by atoms with E-state index in [0.29, 0.717) is 0 Å². The average Bonchev–Trinajstić information content (AvgIpc) is 3.12. The first-order valence-electron chi connectivity index (χ1n) is 7.69. The summed E-state index contributed by atoms with van der Waals surface area (Å²) in [6, 6.07) is 9.99. The van der Waals surface area contributed by atoms with Crippen LogP contribution in [0.15, 0.2) is 42.6 Å². The molecule has 0 aliphatic carbocycles. The van der Waals surface area contributed by atoms with Crippen molar-refractivity contribution in [3.63, 3.8) is 0 Å². The van der Waals surface area contributed by atoms with Crippen LogP contribution < -0.4 is 0 Å². The summed E-state index contributed by atoms with van der Waals surface area (Å²) in [5, 5.41) is 0. The molecule has 1 fully saturated rings. The molecule has 1 aromatic carbocycles. The fraction of sp³-hybridized carbons (Fsp3) is 0.333. The molecule has 3 rings (SSSR count). The summed E-state index contributed by atoms with van der Waals surface area (Å²) in [5.74, 6) is 1.04. The molecule has 1 aliphatic rings. The number of hydrogen-bond donors (Lipinski definition) is 0. The Hall–Kier alpha value is -2.36. The summed E-state index contributed by atoms with van der Waals surface area (Å²) >= 11 is 0. The second-order valence-corrected chi connectivity index (χ2v) is 5.79. The molecule has 4 nitrogen and oxygen atoms in total. The van der Waals surface area contributed by atoms with E-state index in [-0.39, 0.29) is 11.9 Å². The van der Waals surface area contributed by atoms with Gasteiger partial charge in [-0.05, 0) is 31.4 Å². The van der Waals surface area contributed by atoms with Gasteiger partial charge in [-0.1, -0.05) is 30.3 Å². The molecular weight excluding hydrogens is 274 g/mol. The number of amides is 1. The van der Waals surface area contributed by atoms with Gasteiger partial charge in [-0.15, -0.1) is 0 Å². The van der Waals surface area contributed by atoms with Crippen LogP contribution in [-0.4, -0.2) is 26.9 Å². The molecule has 1 aromatic heterocycles. The van der Waals surface area contributed by atoms with Gasteiger partial charge in [0.1, 0.15) is 5.82 Å². The zero-order valence-electron chi connectivity index (χ0n) is 13.1. The lowest BCUT2D eigenvalue weighted by atomic mass is 10.2. The molecular formula is C18H21N3O. The molecule has 1 amide bonds. The SMILES string of the molecule is Cc1cn(C)c(C2CCCN2C(=O)/C=C/c2ccccc2)n1. The van der Waals surface area contributed by atoms with Gasteiger partial charge in [0.05, 0.1) is 11.7 Å². The number of carbonyl (C=O) groups is 1. The standard InChI is InChI=1S/C18H21N3O/c1-14-13-20(2)18(19-14)16-9-6-12-21(16)17(22)11-10-15-7-4-3-5-8-15/h3-5,7-8,10-11,13,16H,6,9,12H2,1-2H3/b11-10+. The van der Waals surface area contributed by atoms with Gasteiger partial charge in [0.15, 0.2) is 0 Å². The first-order valence-corrected chi connectivity index (χ1v) is 7.69. The second kappa shape index (κ2) is 6.18. The summed E-state index contributed by atoms with van der Waals surface area (Å²) in [6.45, 7) is 2.79. The van der Waals surface area contributed by atoms with E-state index in [1.54, 1.807) is 6.08 Å². The number of rotatable bonds is 3. The van der Waals surface area contributed by atoms with Crippen molar-refractivity contribution in [1.82, 2.24) is 14.5 Å². The highest BCUT2D eigenvalue weighted by Crippen LogP contribution is 2.31. The number of likely N-dealkylation sites (tertiary alicyclic amines) is 1. The van der Waals surface area contributed by atoms with Gasteiger partial charge in [-0.25, -0.2) is 4.98 Å². The summed E-state index contributed by atoms with van der Waals surface area (Å²) in [6.07, 6.45) is 7.57. The molecule has 22 heavy (non-hydrogen) atoms. The van der Waals surface area contributed by atoms with Gasteiger partial charge >= 0.3 is 0 Å². The number of nitrogens with zero attached hydrogens (tertiary/aromatic N) is 3. The molecule has 0 bridgehead atoms. The van der Waals surface area contributed by atoms with Gasteiger partial charge < -0.3 is 9.47 Å². The van der Waals surface area contributed by atoms with Crippen molar-refractivity contribution < 1.29 is 4.79 Å². The van der Waals surface area contributed by atoms with Crippen LogP contribution in [0.4, 0.5) is 0 Å². The van der Waals surface area contributed by atoms with Crippen molar-refractivity contribution in [2.45, 2.75) is 25.8 Å². The largest absolute Gasteiger partial charge is 0.336 e. The zero-order chi connectivity index (χ0) is 15.5. The van der Waals surface area contributed by atoms with Crippen molar-refractivity contribution in [2.24, 2.45) is 7.05 Å². The van der Waals surface area contributed by atoms with E-state index >= 15 is 0 Å². The number of hydrogen-bond acceptors (Lipinski definition) is 2. The van der Waals surface area contributed by atoms with Crippen LogP contribution in [0.1, 0.15) is 36.0 Å². The quantitative estimate of drug-likeness (QED) is 0.816. The minimum absolute atomic E-state index is 0.0620. The average molecular weight is 295 g/mol. The van der Waals surface area contributed by atoms with Crippen molar-refractivity contribution in [1.29, 1.82) is 0 Å². The minimum atomic E-state index is 0.0620. The summed E-state index contributed by atoms with van der Waals surface area (Å²) in [5.41, 5.74) is 2.04. The van der Waals surface area contributed by atoms with E-state index < -0.39 is 0 Å². The molecule has 1 atom stereocenters. The Balaban J connectivity index is 1.77. The maximum Gasteiger partial charge on any atom is 0.247 e. The third kappa shape index (κ3) is 2.96. The van der Waals surface area contributed by atoms with Gasteiger partial charge in [-0.3, -0.25) is 4.79 Å². The highest BCUT2D eigenvalue weighted by Gasteiger charge is 2.31. The van der Waals surface area contributed by atoms with Crippen LogP contribution in [-0.2, 0) is 11.8 Å². The molecule has 0 saturated carbocycles. The number of benzene rings is 1. The van der Waals surface area contributed by atoms with Crippen molar-refractivity contribution >= 4 is 12.0 Å². The molecule has 1 aliphatic heterocycles. The molecule has 0 N–H and O–H groups in total. The van der Waals surface area contributed by atoms with E-state index in [2.05, 4.69) is 4.98 Å². The van der Waals surface area contributed by atoms with Gasteiger partial charge in [0.2, 0.25) is 5.91 Å². The Morgan fingerprint density at radius 2 is 2.09 bits per heavy atom. The molecule has 2 heterocycles. The molecule has 0 radical (unpaired) electrons. The smallest absolute Gasteiger partial charge is 0.247 e. The Morgan fingerprint density at radius 3 is 2.77 bits per heavy atom. The third-order valence-electron chi connectivity index (χ3n) is 4.08. The minimum Gasteiger partial charge on any atom is -0.336 e. The topological polar surface area (TPSA) is 38.1 Å². The lowest BCUT2D eigenvalue weighted by Gasteiger charge is -2.23. The van der Waals surface area contributed by atoms with Crippen LogP contribution in [0, 0.1) is 6.92 Å². The van der Waals surface area contributed by atoms with Crippen LogP contribution in [0.3, 0.4) is 0 Å². The van der Waals surface area contributed by atoms with Crippen LogP contribution in [0.5, 0.6) is 0 Å². The maximum absolute atomic E-state index is 12.5. The van der Waals surface area contributed by atoms with Crippen molar-refractivity contribution in [3.05, 3.63) is 59.7 Å². The van der Waals surface area contributed by atoms with Crippen molar-refractivity contribution in [3.8, 4) is 0 Å². The number of imidazole rings is 1. The predicted molar refractivity (Wildman–Crippen MR) is 87.1 cm³/mol. The maximum atomic E-state index is 12.5. The predicted octanol–water partition coefficient (Wildman–Crippen LogP) is 3.11. The molecule has 1 saturated heterocycles. The number of aryl methyl sites for hydroxylation is 2. The first kappa shape index (κ1) is 14.6. The summed E-state index contributed by atoms with van der Waals surface area (Å²) in [7, 11) is 2.00. The number of carbonyl (C=O) groups excluding carboxylic acids is 1. The molecule has 4 heteroatoms. The van der Waals surface area contributed by atoms with E-state index in [1.807, 2.05) is 66.0 Å². The lowest BCUT2D eigenvalue weighted by molar-refractivity contribution is -0.127. The second-order valence-electron chi connectivity index (χ2n) is 5.79. The van der Waals surface area contributed by atoms with E-state index in [4.69, 9.17) is 0 Å². The summed E-state index contributed by atoms with van der Waals surface area (Å²) < 4.78 is 2.03. The third-order valence-corrected chi connectivity index (χ3v) is 4.08. The first-order chi connectivity index (χ1) is 10.6. The monoisotopic (exact) mass is 295 g/mol. The fourth-order valence-corrected chi connectivity index (χ4v) is 3.07. The van der Waals surface area contributed by atoms with Crippen LogP contribution in [0.2, 0.25) is 0 Å². The van der Waals surface area contributed by atoms with Crippen LogP contribution in [0.25, 0.3) is 6.08 Å². The molecule has 0 spiro atoms. The van der Waals surface area contributed by atoms with Gasteiger partial charge in [0.25, 0.3) is 0 Å². The lowest BCUT2D eigenvalue weighted by Crippen LogP contribution is -2.30.